The van der Waals surface area contributed by atoms with E-state index in [1.807, 2.05) is 6.92 Å². The molecule has 0 saturated heterocycles. The lowest BCUT2D eigenvalue weighted by molar-refractivity contribution is 0.284. The highest BCUT2D eigenvalue weighted by atomic mass is 79.9. The van der Waals surface area contributed by atoms with Gasteiger partial charge < -0.3 is 14.2 Å². The zero-order valence-electron chi connectivity index (χ0n) is 11.5. The second-order valence-corrected chi connectivity index (χ2v) is 5.11. The van der Waals surface area contributed by atoms with Crippen LogP contribution in [0.1, 0.15) is 13.3 Å². The molecule has 2 rings (SSSR count). The third kappa shape index (κ3) is 4.44. The summed E-state index contributed by atoms with van der Waals surface area (Å²) >= 11 is 9.21. The molecule has 0 aliphatic rings. The fourth-order valence-electron chi connectivity index (χ4n) is 1.41. The first kappa shape index (κ1) is 15.8. The van der Waals surface area contributed by atoms with E-state index in [9.17, 15) is 0 Å². The first-order valence-corrected chi connectivity index (χ1v) is 7.35. The lowest BCUT2D eigenvalue weighted by atomic mass is 10.3. The summed E-state index contributed by atoms with van der Waals surface area (Å²) in [6, 6.07) is 5.46. The van der Waals surface area contributed by atoms with Crippen molar-refractivity contribution in [2.45, 2.75) is 13.3 Å². The van der Waals surface area contributed by atoms with Crippen LogP contribution in [0.2, 0.25) is 5.28 Å². The van der Waals surface area contributed by atoms with E-state index in [4.69, 9.17) is 25.8 Å². The first-order valence-electron chi connectivity index (χ1n) is 6.18. The Morgan fingerprint density at radius 2 is 1.95 bits per heavy atom. The minimum Gasteiger partial charge on any atom is -0.497 e. The van der Waals surface area contributed by atoms with Crippen LogP contribution >= 0.6 is 27.5 Å². The average Bonchev–Trinajstić information content (AvgIpc) is 2.46. The Kier molecular flexibility index (Phi) is 5.58. The molecule has 0 aliphatic heterocycles. The molecule has 1 aromatic heterocycles. The molecular weight excluding hydrogens is 362 g/mol. The van der Waals surface area contributed by atoms with Crippen LogP contribution in [-0.2, 0) is 0 Å². The molecule has 21 heavy (non-hydrogen) atoms. The maximum atomic E-state index is 5.83. The average molecular weight is 375 g/mol. The van der Waals surface area contributed by atoms with Crippen LogP contribution in [0.4, 0.5) is 0 Å². The number of rotatable bonds is 6. The Bertz CT molecular complexity index is 628. The van der Waals surface area contributed by atoms with Gasteiger partial charge in [0.25, 0.3) is 0 Å². The van der Waals surface area contributed by atoms with Crippen LogP contribution in [-0.4, -0.2) is 28.7 Å². The second kappa shape index (κ2) is 7.42. The summed E-state index contributed by atoms with van der Waals surface area (Å²) in [5, 5.41) is 0.00994. The van der Waals surface area contributed by atoms with Crippen LogP contribution in [0, 0.1) is 0 Å². The van der Waals surface area contributed by atoms with E-state index in [1.165, 1.54) is 0 Å². The van der Waals surface area contributed by atoms with Crippen molar-refractivity contribution in [1.82, 2.24) is 15.0 Å². The normalized spacial score (nSPS) is 10.3. The molecule has 8 heteroatoms. The van der Waals surface area contributed by atoms with Crippen LogP contribution in [0.3, 0.4) is 0 Å². The highest BCUT2D eigenvalue weighted by Crippen LogP contribution is 2.32. The summed E-state index contributed by atoms with van der Waals surface area (Å²) in [5.41, 5.74) is 0. The van der Waals surface area contributed by atoms with Gasteiger partial charge in [-0.1, -0.05) is 6.92 Å². The van der Waals surface area contributed by atoms with Gasteiger partial charge in [-0.15, -0.1) is 4.98 Å². The quantitative estimate of drug-likeness (QED) is 0.764. The number of hydrogen-bond donors (Lipinski definition) is 0. The summed E-state index contributed by atoms with van der Waals surface area (Å²) in [6.45, 7) is 2.47. The fraction of sp³-hybridized carbons (Fsp3) is 0.308. The standard InChI is InChI=1S/C13H13BrClN3O3/c1-3-6-20-12-16-11(15)17-13(18-12)21-10-5-4-8(19-2)7-9(10)14/h4-5,7H,3,6H2,1-2H3. The Morgan fingerprint density at radius 1 is 1.19 bits per heavy atom. The predicted molar refractivity (Wildman–Crippen MR) is 81.4 cm³/mol. The van der Waals surface area contributed by atoms with Crippen molar-refractivity contribution >= 4 is 27.5 Å². The predicted octanol–water partition coefficient (Wildman–Crippen LogP) is 3.88. The largest absolute Gasteiger partial charge is 0.497 e. The van der Waals surface area contributed by atoms with Crippen molar-refractivity contribution in [2.75, 3.05) is 13.7 Å². The summed E-state index contributed by atoms with van der Waals surface area (Å²) in [6.07, 6.45) is 0.837. The summed E-state index contributed by atoms with van der Waals surface area (Å²) < 4.78 is 16.7. The second-order valence-electron chi connectivity index (χ2n) is 3.92. The van der Waals surface area contributed by atoms with E-state index < -0.39 is 0 Å². The topological polar surface area (TPSA) is 66.4 Å². The van der Waals surface area contributed by atoms with Gasteiger partial charge >= 0.3 is 12.0 Å². The van der Waals surface area contributed by atoms with Crippen molar-refractivity contribution in [2.24, 2.45) is 0 Å². The van der Waals surface area contributed by atoms with E-state index in [0.29, 0.717) is 22.6 Å². The number of aromatic nitrogens is 3. The maximum absolute atomic E-state index is 5.83. The summed E-state index contributed by atoms with van der Waals surface area (Å²) in [5.74, 6) is 1.23. The Balaban J connectivity index is 2.20. The van der Waals surface area contributed by atoms with Gasteiger partial charge in [0, 0.05) is 0 Å². The zero-order chi connectivity index (χ0) is 15.2. The van der Waals surface area contributed by atoms with Crippen LogP contribution in [0.15, 0.2) is 22.7 Å². The van der Waals surface area contributed by atoms with Crippen molar-refractivity contribution in [3.8, 4) is 23.5 Å². The molecule has 0 saturated carbocycles. The molecule has 0 aliphatic carbocycles. The monoisotopic (exact) mass is 373 g/mol. The van der Waals surface area contributed by atoms with Crippen LogP contribution < -0.4 is 14.2 Å². The van der Waals surface area contributed by atoms with Crippen LogP contribution in [0.5, 0.6) is 23.5 Å². The van der Waals surface area contributed by atoms with Crippen LogP contribution in [0.25, 0.3) is 0 Å². The van der Waals surface area contributed by atoms with Gasteiger partial charge in [0.05, 0.1) is 18.2 Å². The molecule has 1 heterocycles. The number of hydrogen-bond acceptors (Lipinski definition) is 6. The zero-order valence-corrected chi connectivity index (χ0v) is 13.8. The van der Waals surface area contributed by atoms with E-state index in [2.05, 4.69) is 30.9 Å². The summed E-state index contributed by atoms with van der Waals surface area (Å²) in [4.78, 5) is 11.8. The molecule has 112 valence electrons. The van der Waals surface area contributed by atoms with Gasteiger partial charge in [-0.3, -0.25) is 0 Å². The van der Waals surface area contributed by atoms with Gasteiger partial charge in [0.2, 0.25) is 5.28 Å². The van der Waals surface area contributed by atoms with Gasteiger partial charge in [0.1, 0.15) is 11.5 Å². The highest BCUT2D eigenvalue weighted by Gasteiger charge is 2.10. The minimum atomic E-state index is 0.00994. The molecule has 0 spiro atoms. The maximum Gasteiger partial charge on any atom is 0.329 e. The van der Waals surface area contributed by atoms with E-state index in [-0.39, 0.29) is 17.3 Å². The number of methoxy groups -OCH3 is 1. The Morgan fingerprint density at radius 3 is 2.62 bits per heavy atom. The Hall–Kier alpha value is -1.60. The molecule has 2 aromatic rings. The highest BCUT2D eigenvalue weighted by molar-refractivity contribution is 9.10. The van der Waals surface area contributed by atoms with E-state index in [0.717, 1.165) is 6.42 Å². The summed E-state index contributed by atoms with van der Waals surface area (Å²) in [7, 11) is 1.59. The van der Waals surface area contributed by atoms with Crippen molar-refractivity contribution in [3.63, 3.8) is 0 Å². The van der Waals surface area contributed by atoms with Crippen molar-refractivity contribution in [3.05, 3.63) is 28.0 Å². The van der Waals surface area contributed by atoms with E-state index >= 15 is 0 Å². The lowest BCUT2D eigenvalue weighted by Gasteiger charge is -2.09. The number of ether oxygens (including phenoxy) is 3. The molecule has 0 atom stereocenters. The molecule has 0 bridgehead atoms. The van der Waals surface area contributed by atoms with Crippen molar-refractivity contribution < 1.29 is 14.2 Å². The third-order valence-electron chi connectivity index (χ3n) is 2.34. The van der Waals surface area contributed by atoms with Gasteiger partial charge in [0.15, 0.2) is 0 Å². The molecule has 0 fully saturated rings. The van der Waals surface area contributed by atoms with Gasteiger partial charge in [-0.25, -0.2) is 0 Å². The lowest BCUT2D eigenvalue weighted by Crippen LogP contribution is -2.03. The van der Waals surface area contributed by atoms with E-state index in [1.54, 1.807) is 25.3 Å². The van der Waals surface area contributed by atoms with Gasteiger partial charge in [-0.05, 0) is 52.2 Å². The number of halogens is 2. The van der Waals surface area contributed by atoms with Gasteiger partial charge in [-0.2, -0.15) is 9.97 Å². The number of nitrogens with zero attached hydrogens (tertiary/aromatic N) is 3. The SMILES string of the molecule is CCCOc1nc(Cl)nc(Oc2ccc(OC)cc2Br)n1. The van der Waals surface area contributed by atoms with Crippen molar-refractivity contribution in [1.29, 1.82) is 0 Å². The fourth-order valence-corrected chi connectivity index (χ4v) is 1.99. The smallest absolute Gasteiger partial charge is 0.329 e. The molecule has 0 amide bonds. The first-order chi connectivity index (χ1) is 10.1. The molecule has 0 unspecified atom stereocenters. The number of benzene rings is 1. The third-order valence-corrected chi connectivity index (χ3v) is 3.13. The molecule has 6 nitrogen and oxygen atoms in total. The molecule has 0 N–H and O–H groups in total. The molecular formula is C13H13BrClN3O3. The molecule has 0 radical (unpaired) electrons. The molecule has 1 aromatic carbocycles. The Labute approximate surface area is 135 Å². The minimum absolute atomic E-state index is 0.00994.